The van der Waals surface area contributed by atoms with Crippen molar-refractivity contribution in [2.75, 3.05) is 19.7 Å². The number of aliphatic hydroxyl groups is 1. The van der Waals surface area contributed by atoms with Crippen molar-refractivity contribution in [2.45, 2.75) is 12.8 Å². The van der Waals surface area contributed by atoms with Crippen LogP contribution in [0.2, 0.25) is 0 Å². The minimum absolute atomic E-state index is 0.0943. The molecule has 0 aromatic heterocycles. The lowest BCUT2D eigenvalue weighted by molar-refractivity contribution is -0.127. The van der Waals surface area contributed by atoms with Crippen LogP contribution in [-0.2, 0) is 4.79 Å². The molecule has 0 unspecified atom stereocenters. The smallest absolute Gasteiger partial charge is 0.219 e. The zero-order valence-electron chi connectivity index (χ0n) is 9.47. The van der Waals surface area contributed by atoms with Gasteiger partial charge < -0.3 is 10.0 Å². The Morgan fingerprint density at radius 2 is 2.06 bits per heavy atom. The molecule has 0 saturated carbocycles. The Morgan fingerprint density at radius 1 is 1.38 bits per heavy atom. The van der Waals surface area contributed by atoms with Crippen molar-refractivity contribution in [3.05, 3.63) is 35.9 Å². The van der Waals surface area contributed by atoms with Gasteiger partial charge in [0, 0.05) is 38.5 Å². The van der Waals surface area contributed by atoms with Crippen molar-refractivity contribution in [1.29, 1.82) is 0 Å². The van der Waals surface area contributed by atoms with Gasteiger partial charge in [0.05, 0.1) is 0 Å². The number of hydrogen-bond acceptors (Lipinski definition) is 2. The van der Waals surface area contributed by atoms with E-state index in [1.165, 1.54) is 5.56 Å². The highest BCUT2D eigenvalue weighted by Crippen LogP contribution is 2.32. The maximum absolute atomic E-state index is 11.3. The van der Waals surface area contributed by atoms with Gasteiger partial charge in [-0.25, -0.2) is 0 Å². The molecule has 1 amide bonds. The molecular formula is C13H17NO2. The summed E-state index contributed by atoms with van der Waals surface area (Å²) in [6.45, 7) is 3.13. The highest BCUT2D eigenvalue weighted by atomic mass is 16.3. The van der Waals surface area contributed by atoms with Crippen LogP contribution in [0.1, 0.15) is 18.4 Å². The summed E-state index contributed by atoms with van der Waals surface area (Å²) in [6.07, 6.45) is 0. The molecule has 16 heavy (non-hydrogen) atoms. The average molecular weight is 219 g/mol. The predicted molar refractivity (Wildman–Crippen MR) is 62.0 cm³/mol. The average Bonchev–Trinajstić information content (AvgIpc) is 2.74. The van der Waals surface area contributed by atoms with Gasteiger partial charge in [-0.3, -0.25) is 4.79 Å². The Bertz CT molecular complexity index is 363. The fourth-order valence-electron chi connectivity index (χ4n) is 2.39. The van der Waals surface area contributed by atoms with Crippen molar-refractivity contribution in [3.63, 3.8) is 0 Å². The lowest BCUT2D eigenvalue weighted by Gasteiger charge is -2.15. The van der Waals surface area contributed by atoms with Gasteiger partial charge in [0.25, 0.3) is 0 Å². The molecule has 2 atom stereocenters. The minimum Gasteiger partial charge on any atom is -0.396 e. The number of rotatable bonds is 2. The Labute approximate surface area is 95.7 Å². The fraction of sp³-hybridized carbons (Fsp3) is 0.462. The number of carbonyl (C=O) groups is 1. The van der Waals surface area contributed by atoms with E-state index in [0.717, 1.165) is 6.54 Å². The number of aliphatic hydroxyl groups excluding tert-OH is 1. The maximum Gasteiger partial charge on any atom is 0.219 e. The lowest BCUT2D eigenvalue weighted by atomic mass is 9.90. The summed E-state index contributed by atoms with van der Waals surface area (Å²) >= 11 is 0. The Morgan fingerprint density at radius 3 is 2.62 bits per heavy atom. The van der Waals surface area contributed by atoms with Gasteiger partial charge in [-0.2, -0.15) is 0 Å². The molecule has 1 aromatic rings. The number of likely N-dealkylation sites (tertiary alicyclic amines) is 1. The highest BCUT2D eigenvalue weighted by Gasteiger charge is 2.34. The van der Waals surface area contributed by atoms with Gasteiger partial charge in [0.2, 0.25) is 5.91 Å². The summed E-state index contributed by atoms with van der Waals surface area (Å²) in [7, 11) is 0. The van der Waals surface area contributed by atoms with Gasteiger partial charge in [-0.15, -0.1) is 0 Å². The quantitative estimate of drug-likeness (QED) is 0.813. The van der Waals surface area contributed by atoms with Gasteiger partial charge in [0.1, 0.15) is 0 Å². The van der Waals surface area contributed by atoms with E-state index >= 15 is 0 Å². The number of hydrogen-bond donors (Lipinski definition) is 1. The molecule has 1 saturated heterocycles. The maximum atomic E-state index is 11.3. The first-order chi connectivity index (χ1) is 7.72. The second-order valence-corrected chi connectivity index (χ2v) is 4.38. The molecule has 1 heterocycles. The second kappa shape index (κ2) is 4.66. The number of benzene rings is 1. The van der Waals surface area contributed by atoms with Crippen LogP contribution in [0.15, 0.2) is 30.3 Å². The van der Waals surface area contributed by atoms with Crippen molar-refractivity contribution in [3.8, 4) is 0 Å². The molecule has 1 aliphatic rings. The van der Waals surface area contributed by atoms with Crippen LogP contribution in [0.5, 0.6) is 0 Å². The van der Waals surface area contributed by atoms with Gasteiger partial charge in [-0.05, 0) is 5.56 Å². The molecule has 0 aliphatic carbocycles. The molecule has 0 bridgehead atoms. The van der Waals surface area contributed by atoms with E-state index in [-0.39, 0.29) is 24.3 Å². The zero-order chi connectivity index (χ0) is 11.5. The third kappa shape index (κ3) is 2.09. The summed E-state index contributed by atoms with van der Waals surface area (Å²) in [4.78, 5) is 13.1. The van der Waals surface area contributed by atoms with Crippen LogP contribution < -0.4 is 0 Å². The van der Waals surface area contributed by atoms with E-state index in [9.17, 15) is 9.90 Å². The molecule has 1 aromatic carbocycles. The third-order valence-electron chi connectivity index (χ3n) is 3.35. The fourth-order valence-corrected chi connectivity index (χ4v) is 2.39. The monoisotopic (exact) mass is 219 g/mol. The zero-order valence-corrected chi connectivity index (χ0v) is 9.47. The molecule has 1 fully saturated rings. The Kier molecular flexibility index (Phi) is 3.25. The molecule has 0 radical (unpaired) electrons. The van der Waals surface area contributed by atoms with E-state index in [4.69, 9.17) is 0 Å². The van der Waals surface area contributed by atoms with E-state index < -0.39 is 0 Å². The molecule has 1 N–H and O–H groups in total. The first-order valence-electron chi connectivity index (χ1n) is 5.63. The summed E-state index contributed by atoms with van der Waals surface area (Å²) in [5.74, 6) is 0.540. The summed E-state index contributed by atoms with van der Waals surface area (Å²) in [5, 5.41) is 9.36. The van der Waals surface area contributed by atoms with Crippen LogP contribution in [0.3, 0.4) is 0 Å². The summed E-state index contributed by atoms with van der Waals surface area (Å²) < 4.78 is 0. The van der Waals surface area contributed by atoms with Crippen molar-refractivity contribution >= 4 is 5.91 Å². The molecule has 3 nitrogen and oxygen atoms in total. The van der Waals surface area contributed by atoms with Gasteiger partial charge in [-0.1, -0.05) is 30.3 Å². The number of nitrogens with zero attached hydrogens (tertiary/aromatic N) is 1. The number of amides is 1. The Hall–Kier alpha value is -1.35. The minimum atomic E-state index is 0.0943. The molecule has 0 spiro atoms. The summed E-state index contributed by atoms with van der Waals surface area (Å²) in [6, 6.07) is 10.1. The van der Waals surface area contributed by atoms with Crippen LogP contribution >= 0.6 is 0 Å². The van der Waals surface area contributed by atoms with E-state index in [0.29, 0.717) is 6.54 Å². The van der Waals surface area contributed by atoms with Crippen LogP contribution in [0.25, 0.3) is 0 Å². The van der Waals surface area contributed by atoms with E-state index in [1.807, 2.05) is 23.1 Å². The van der Waals surface area contributed by atoms with Crippen LogP contribution in [0, 0.1) is 5.92 Å². The molecule has 3 heteroatoms. The standard InChI is InChI=1S/C13H17NO2/c1-10(16)14-7-12(9-15)13(8-14)11-5-3-2-4-6-11/h2-6,12-13,15H,7-9H2,1H3/t12-,13+/m1/s1. The van der Waals surface area contributed by atoms with E-state index in [2.05, 4.69) is 12.1 Å². The van der Waals surface area contributed by atoms with Crippen molar-refractivity contribution < 1.29 is 9.90 Å². The van der Waals surface area contributed by atoms with Crippen molar-refractivity contribution in [1.82, 2.24) is 4.90 Å². The number of carbonyl (C=O) groups excluding carboxylic acids is 1. The van der Waals surface area contributed by atoms with E-state index in [1.54, 1.807) is 6.92 Å². The molecule has 1 aliphatic heterocycles. The first-order valence-corrected chi connectivity index (χ1v) is 5.63. The van der Waals surface area contributed by atoms with Gasteiger partial charge in [0.15, 0.2) is 0 Å². The van der Waals surface area contributed by atoms with Crippen LogP contribution in [0.4, 0.5) is 0 Å². The van der Waals surface area contributed by atoms with Crippen molar-refractivity contribution in [2.24, 2.45) is 5.92 Å². The molecule has 86 valence electrons. The second-order valence-electron chi connectivity index (χ2n) is 4.38. The predicted octanol–water partition coefficient (Wildman–Crippen LogP) is 1.24. The van der Waals surface area contributed by atoms with Gasteiger partial charge >= 0.3 is 0 Å². The lowest BCUT2D eigenvalue weighted by Crippen LogP contribution is -2.26. The molecular weight excluding hydrogens is 202 g/mol. The third-order valence-corrected chi connectivity index (χ3v) is 3.35. The topological polar surface area (TPSA) is 40.5 Å². The first kappa shape index (κ1) is 11.1. The summed E-state index contributed by atoms with van der Waals surface area (Å²) in [5.41, 5.74) is 1.21. The highest BCUT2D eigenvalue weighted by molar-refractivity contribution is 5.73. The normalized spacial score (nSPS) is 24.8. The molecule has 2 rings (SSSR count). The van der Waals surface area contributed by atoms with Crippen LogP contribution in [-0.4, -0.2) is 35.6 Å². The largest absolute Gasteiger partial charge is 0.396 e. The Balaban J connectivity index is 2.18. The SMILES string of the molecule is CC(=O)N1C[C@H](CO)[C@H](c2ccccc2)C1.